The molecule has 0 aliphatic carbocycles. The largest absolute Gasteiger partial charge is 0.348 e. The second kappa shape index (κ2) is 7.88. The summed E-state index contributed by atoms with van der Waals surface area (Å²) in [6.07, 6.45) is 4.60. The van der Waals surface area contributed by atoms with Crippen LogP contribution in [0.2, 0.25) is 5.02 Å². The highest BCUT2D eigenvalue weighted by Gasteiger charge is 2.24. The fraction of sp³-hybridized carbons (Fsp3) is 0.500. The molecule has 1 saturated heterocycles. The zero-order valence-corrected chi connectivity index (χ0v) is 15.5. The van der Waals surface area contributed by atoms with E-state index >= 15 is 0 Å². The Kier molecular flexibility index (Phi) is 5.58. The lowest BCUT2D eigenvalue weighted by Gasteiger charge is -2.31. The van der Waals surface area contributed by atoms with Crippen LogP contribution in [0.3, 0.4) is 0 Å². The first-order valence-corrected chi connectivity index (χ1v) is 8.92. The van der Waals surface area contributed by atoms with Gasteiger partial charge < -0.3 is 15.5 Å². The Labute approximate surface area is 156 Å². The molecule has 0 aromatic carbocycles. The van der Waals surface area contributed by atoms with Crippen LogP contribution in [0.25, 0.3) is 0 Å². The van der Waals surface area contributed by atoms with Gasteiger partial charge in [0.1, 0.15) is 11.4 Å². The van der Waals surface area contributed by atoms with Gasteiger partial charge in [0.15, 0.2) is 0 Å². The van der Waals surface area contributed by atoms with Crippen LogP contribution in [-0.4, -0.2) is 62.4 Å². The number of carbonyl (C=O) groups excluding carboxylic acids is 2. The maximum Gasteiger partial charge on any atom is 0.275 e. The molecule has 10 heteroatoms. The summed E-state index contributed by atoms with van der Waals surface area (Å²) in [6, 6.07) is 0.115. The molecule has 3 rings (SSSR count). The second-order valence-corrected chi connectivity index (χ2v) is 6.67. The number of anilines is 1. The Bertz CT molecular complexity index is 773. The topological polar surface area (TPSA) is 108 Å². The fourth-order valence-corrected chi connectivity index (χ4v) is 3.30. The minimum Gasteiger partial charge on any atom is -0.348 e. The number of piperidine rings is 1. The zero-order valence-electron chi connectivity index (χ0n) is 14.8. The van der Waals surface area contributed by atoms with Gasteiger partial charge in [-0.25, -0.2) is 0 Å². The molecule has 1 aliphatic heterocycles. The predicted octanol–water partition coefficient (Wildman–Crippen LogP) is 1.26. The van der Waals surface area contributed by atoms with Gasteiger partial charge in [0, 0.05) is 26.2 Å². The second-order valence-electron chi connectivity index (χ2n) is 6.26. The predicted molar refractivity (Wildman–Crippen MR) is 97.4 cm³/mol. The van der Waals surface area contributed by atoms with Gasteiger partial charge in [-0.1, -0.05) is 18.5 Å². The van der Waals surface area contributed by atoms with Crippen molar-refractivity contribution in [3.05, 3.63) is 28.8 Å². The van der Waals surface area contributed by atoms with Crippen LogP contribution in [0.4, 0.5) is 5.69 Å². The van der Waals surface area contributed by atoms with E-state index in [1.165, 1.54) is 17.1 Å². The van der Waals surface area contributed by atoms with Gasteiger partial charge in [0.05, 0.1) is 23.1 Å². The molecule has 2 aromatic heterocycles. The van der Waals surface area contributed by atoms with Gasteiger partial charge in [-0.15, -0.1) is 0 Å². The minimum absolute atomic E-state index is 0.115. The van der Waals surface area contributed by atoms with Crippen molar-refractivity contribution in [2.75, 3.05) is 25.0 Å². The number of hydrogen-bond donors (Lipinski definition) is 3. The number of H-pyrrole nitrogens is 1. The molecule has 0 unspecified atom stereocenters. The highest BCUT2D eigenvalue weighted by Crippen LogP contribution is 2.19. The van der Waals surface area contributed by atoms with Crippen LogP contribution in [0.15, 0.2) is 12.4 Å². The maximum absolute atomic E-state index is 12.6. The van der Waals surface area contributed by atoms with Crippen molar-refractivity contribution in [1.82, 2.24) is 30.2 Å². The molecule has 0 radical (unpaired) electrons. The zero-order chi connectivity index (χ0) is 18.7. The normalized spacial score (nSPS) is 15.8. The summed E-state index contributed by atoms with van der Waals surface area (Å²) >= 11 is 5.98. The van der Waals surface area contributed by atoms with E-state index < -0.39 is 5.91 Å². The van der Waals surface area contributed by atoms with Crippen molar-refractivity contribution in [2.24, 2.45) is 7.05 Å². The Morgan fingerprint density at radius 3 is 2.65 bits per heavy atom. The number of rotatable bonds is 5. The molecule has 140 valence electrons. The third kappa shape index (κ3) is 3.88. The van der Waals surface area contributed by atoms with Gasteiger partial charge >= 0.3 is 0 Å². The van der Waals surface area contributed by atoms with Gasteiger partial charge in [-0.05, 0) is 19.4 Å². The van der Waals surface area contributed by atoms with Crippen LogP contribution >= 0.6 is 11.6 Å². The minimum atomic E-state index is -0.457. The van der Waals surface area contributed by atoms with E-state index in [2.05, 4.69) is 37.8 Å². The molecular weight excluding hydrogens is 358 g/mol. The highest BCUT2D eigenvalue weighted by molar-refractivity contribution is 6.34. The van der Waals surface area contributed by atoms with Crippen LogP contribution in [-0.2, 0) is 7.05 Å². The molecule has 3 N–H and O–H groups in total. The van der Waals surface area contributed by atoms with E-state index in [1.807, 2.05) is 0 Å². The molecule has 26 heavy (non-hydrogen) atoms. The number of aromatic amines is 1. The molecule has 9 nitrogen and oxygen atoms in total. The lowest BCUT2D eigenvalue weighted by atomic mass is 10.0. The number of hydrogen-bond acceptors (Lipinski definition) is 5. The molecule has 0 spiro atoms. The Hall–Kier alpha value is -2.39. The monoisotopic (exact) mass is 379 g/mol. The van der Waals surface area contributed by atoms with E-state index in [4.69, 9.17) is 11.6 Å². The van der Waals surface area contributed by atoms with E-state index in [0.717, 1.165) is 32.5 Å². The van der Waals surface area contributed by atoms with Crippen LogP contribution in [0.1, 0.15) is 40.7 Å². The first kappa shape index (κ1) is 18.4. The maximum atomic E-state index is 12.6. The number of nitrogens with zero attached hydrogens (tertiary/aromatic N) is 4. The van der Waals surface area contributed by atoms with Crippen molar-refractivity contribution in [3.63, 3.8) is 0 Å². The SMILES string of the molecule is CCN1CCC(NC(=O)c2[nH]ncc2NC(=O)c2c(Cl)cnn2C)CC1. The average molecular weight is 380 g/mol. The third-order valence-electron chi connectivity index (χ3n) is 4.59. The third-order valence-corrected chi connectivity index (χ3v) is 4.87. The summed E-state index contributed by atoms with van der Waals surface area (Å²) < 4.78 is 1.37. The smallest absolute Gasteiger partial charge is 0.275 e. The van der Waals surface area contributed by atoms with Gasteiger partial charge in [0.25, 0.3) is 11.8 Å². The molecule has 0 saturated carbocycles. The lowest BCUT2D eigenvalue weighted by Crippen LogP contribution is -2.44. The molecule has 1 fully saturated rings. The van der Waals surface area contributed by atoms with E-state index in [9.17, 15) is 9.59 Å². The number of amides is 2. The standard InChI is InChI=1S/C16H22ClN7O2/c1-3-24-6-4-10(5-7-24)20-15(25)13-12(9-18-22-13)21-16(26)14-11(17)8-19-23(14)2/h8-10H,3-7H2,1-2H3,(H,18,22)(H,20,25)(H,21,26). The summed E-state index contributed by atoms with van der Waals surface area (Å²) in [4.78, 5) is 27.3. The number of nitrogens with one attached hydrogen (secondary N) is 3. The lowest BCUT2D eigenvalue weighted by molar-refractivity contribution is 0.0908. The first-order chi connectivity index (χ1) is 12.5. The fourth-order valence-electron chi connectivity index (χ4n) is 3.05. The van der Waals surface area contributed by atoms with E-state index in [0.29, 0.717) is 5.69 Å². The van der Waals surface area contributed by atoms with Crippen molar-refractivity contribution in [2.45, 2.75) is 25.8 Å². The van der Waals surface area contributed by atoms with Crippen molar-refractivity contribution >= 4 is 29.1 Å². The molecule has 3 heterocycles. The highest BCUT2D eigenvalue weighted by atomic mass is 35.5. The molecule has 2 amide bonds. The summed E-state index contributed by atoms with van der Waals surface area (Å²) in [7, 11) is 1.62. The molecule has 0 atom stereocenters. The van der Waals surface area contributed by atoms with E-state index in [1.54, 1.807) is 7.05 Å². The van der Waals surface area contributed by atoms with Crippen molar-refractivity contribution < 1.29 is 9.59 Å². The number of likely N-dealkylation sites (tertiary alicyclic amines) is 1. The van der Waals surface area contributed by atoms with Gasteiger partial charge in [0.2, 0.25) is 0 Å². The Balaban J connectivity index is 1.65. The quantitative estimate of drug-likeness (QED) is 0.724. The summed E-state index contributed by atoms with van der Waals surface area (Å²) in [5.41, 5.74) is 0.733. The summed E-state index contributed by atoms with van der Waals surface area (Å²) in [6.45, 7) is 5.08. The van der Waals surface area contributed by atoms with Crippen molar-refractivity contribution in [3.8, 4) is 0 Å². The summed E-state index contributed by atoms with van der Waals surface area (Å²) in [5, 5.41) is 16.4. The number of aryl methyl sites for hydroxylation is 1. The average Bonchev–Trinajstić information content (AvgIpc) is 3.22. The van der Waals surface area contributed by atoms with Crippen LogP contribution in [0, 0.1) is 0 Å². The van der Waals surface area contributed by atoms with Gasteiger partial charge in [-0.3, -0.25) is 19.4 Å². The molecule has 2 aromatic rings. The van der Waals surface area contributed by atoms with Gasteiger partial charge in [-0.2, -0.15) is 10.2 Å². The molecular formula is C16H22ClN7O2. The number of halogens is 1. The van der Waals surface area contributed by atoms with E-state index in [-0.39, 0.29) is 28.4 Å². The summed E-state index contributed by atoms with van der Waals surface area (Å²) in [5.74, 6) is -0.745. The number of carbonyl (C=O) groups is 2. The van der Waals surface area contributed by atoms with Crippen molar-refractivity contribution in [1.29, 1.82) is 0 Å². The molecule has 1 aliphatic rings. The van der Waals surface area contributed by atoms with Crippen LogP contribution < -0.4 is 10.6 Å². The Morgan fingerprint density at radius 1 is 1.31 bits per heavy atom. The first-order valence-electron chi connectivity index (χ1n) is 8.55. The van der Waals surface area contributed by atoms with Crippen LogP contribution in [0.5, 0.6) is 0 Å². The Morgan fingerprint density at radius 2 is 2.04 bits per heavy atom. The molecule has 0 bridgehead atoms. The number of aromatic nitrogens is 4.